The molecule has 20 heavy (non-hydrogen) atoms. The van der Waals surface area contributed by atoms with Gasteiger partial charge in [-0.25, -0.2) is 0 Å². The third-order valence-corrected chi connectivity index (χ3v) is 3.54. The highest BCUT2D eigenvalue weighted by atomic mass is 32.2. The zero-order valence-corrected chi connectivity index (χ0v) is 13.1. The summed E-state index contributed by atoms with van der Waals surface area (Å²) < 4.78 is 5.12. The van der Waals surface area contributed by atoms with Crippen molar-refractivity contribution in [3.05, 3.63) is 11.3 Å². The van der Waals surface area contributed by atoms with Crippen molar-refractivity contribution in [3.63, 3.8) is 0 Å². The first-order chi connectivity index (χ1) is 9.49. The van der Waals surface area contributed by atoms with E-state index in [1.807, 2.05) is 20.1 Å². The van der Waals surface area contributed by atoms with Crippen LogP contribution in [0.3, 0.4) is 0 Å². The summed E-state index contributed by atoms with van der Waals surface area (Å²) in [5, 5.41) is 9.22. The summed E-state index contributed by atoms with van der Waals surface area (Å²) in [6, 6.07) is -0.561. The Kier molecular flexibility index (Phi) is 6.57. The largest absolute Gasteiger partial charge is 0.345 e. The number of aryl methyl sites for hydroxylation is 1. The second kappa shape index (κ2) is 7.94. The molecule has 1 heterocycles. The van der Waals surface area contributed by atoms with Crippen molar-refractivity contribution in [2.75, 3.05) is 17.3 Å². The van der Waals surface area contributed by atoms with E-state index in [0.717, 1.165) is 23.4 Å². The molecule has 0 saturated carbocycles. The first-order valence-electron chi connectivity index (χ1n) is 6.51. The summed E-state index contributed by atoms with van der Waals surface area (Å²) in [5.41, 5.74) is 1.65. The number of carbonyl (C=O) groups excluding carboxylic acids is 2. The third-order valence-electron chi connectivity index (χ3n) is 2.90. The lowest BCUT2D eigenvalue weighted by Gasteiger charge is -2.16. The van der Waals surface area contributed by atoms with Crippen LogP contribution in [-0.4, -0.2) is 35.0 Å². The SMILES string of the molecule is CCc1noc(NC(=O)[C@H](CCSC)NC(C)=O)c1C. The second-order valence-corrected chi connectivity index (χ2v) is 5.45. The molecule has 0 spiro atoms. The fourth-order valence-electron chi connectivity index (χ4n) is 1.76. The number of amides is 2. The molecule has 2 N–H and O–H groups in total. The van der Waals surface area contributed by atoms with Crippen LogP contribution in [0.15, 0.2) is 4.52 Å². The number of nitrogens with one attached hydrogen (secondary N) is 2. The van der Waals surface area contributed by atoms with Gasteiger partial charge in [0.15, 0.2) is 0 Å². The van der Waals surface area contributed by atoms with Crippen LogP contribution in [0.1, 0.15) is 31.5 Å². The molecule has 1 atom stereocenters. The highest BCUT2D eigenvalue weighted by Gasteiger charge is 2.22. The van der Waals surface area contributed by atoms with E-state index < -0.39 is 6.04 Å². The Balaban J connectivity index is 2.73. The molecule has 0 aliphatic carbocycles. The molecule has 0 fully saturated rings. The van der Waals surface area contributed by atoms with Gasteiger partial charge in [0.05, 0.1) is 5.69 Å². The maximum absolute atomic E-state index is 12.2. The van der Waals surface area contributed by atoms with Gasteiger partial charge in [-0.1, -0.05) is 12.1 Å². The smallest absolute Gasteiger partial charge is 0.249 e. The van der Waals surface area contributed by atoms with Crippen LogP contribution in [0, 0.1) is 6.92 Å². The molecule has 0 radical (unpaired) electrons. The molecule has 0 bridgehead atoms. The van der Waals surface area contributed by atoms with Crippen LogP contribution in [0.25, 0.3) is 0 Å². The van der Waals surface area contributed by atoms with Crippen molar-refractivity contribution in [2.45, 2.75) is 39.7 Å². The highest BCUT2D eigenvalue weighted by molar-refractivity contribution is 7.98. The summed E-state index contributed by atoms with van der Waals surface area (Å²) in [6.07, 6.45) is 3.27. The molecule has 1 aromatic heterocycles. The van der Waals surface area contributed by atoms with Crippen molar-refractivity contribution < 1.29 is 14.1 Å². The van der Waals surface area contributed by atoms with Gasteiger partial charge < -0.3 is 9.84 Å². The van der Waals surface area contributed by atoms with Crippen LogP contribution >= 0.6 is 11.8 Å². The maximum Gasteiger partial charge on any atom is 0.249 e. The van der Waals surface area contributed by atoms with Gasteiger partial charge in [-0.05, 0) is 31.8 Å². The second-order valence-electron chi connectivity index (χ2n) is 4.46. The molecule has 2 amide bonds. The van der Waals surface area contributed by atoms with Gasteiger partial charge in [-0.2, -0.15) is 11.8 Å². The van der Waals surface area contributed by atoms with Crippen LogP contribution in [0.2, 0.25) is 0 Å². The van der Waals surface area contributed by atoms with E-state index in [-0.39, 0.29) is 11.8 Å². The van der Waals surface area contributed by atoms with Gasteiger partial charge in [0, 0.05) is 12.5 Å². The van der Waals surface area contributed by atoms with Crippen LogP contribution in [0.5, 0.6) is 0 Å². The summed E-state index contributed by atoms with van der Waals surface area (Å²) >= 11 is 1.62. The Morgan fingerprint density at radius 2 is 2.15 bits per heavy atom. The molecule has 0 saturated heterocycles. The van der Waals surface area contributed by atoms with Crippen molar-refractivity contribution in [2.24, 2.45) is 0 Å². The zero-order valence-electron chi connectivity index (χ0n) is 12.3. The molecule has 1 aromatic rings. The number of hydrogen-bond acceptors (Lipinski definition) is 5. The number of anilines is 1. The quantitative estimate of drug-likeness (QED) is 0.801. The monoisotopic (exact) mass is 299 g/mol. The minimum Gasteiger partial charge on any atom is -0.345 e. The fourth-order valence-corrected chi connectivity index (χ4v) is 2.24. The van der Waals surface area contributed by atoms with Gasteiger partial charge in [0.2, 0.25) is 17.7 Å². The van der Waals surface area contributed by atoms with E-state index in [2.05, 4.69) is 15.8 Å². The molecule has 7 heteroatoms. The average Bonchev–Trinajstić information content (AvgIpc) is 2.75. The molecular formula is C13H21N3O3S. The van der Waals surface area contributed by atoms with E-state index in [9.17, 15) is 9.59 Å². The Hall–Kier alpha value is -1.50. The average molecular weight is 299 g/mol. The first-order valence-corrected chi connectivity index (χ1v) is 7.91. The summed E-state index contributed by atoms with van der Waals surface area (Å²) in [7, 11) is 0. The van der Waals surface area contributed by atoms with Crippen molar-refractivity contribution in [1.29, 1.82) is 0 Å². The Morgan fingerprint density at radius 1 is 1.45 bits per heavy atom. The lowest BCUT2D eigenvalue weighted by Crippen LogP contribution is -2.43. The summed E-state index contributed by atoms with van der Waals surface area (Å²) in [5.74, 6) is 0.630. The van der Waals surface area contributed by atoms with E-state index in [1.54, 1.807) is 11.8 Å². The normalized spacial score (nSPS) is 12.0. The number of rotatable bonds is 7. The lowest BCUT2D eigenvalue weighted by atomic mass is 10.2. The maximum atomic E-state index is 12.2. The Labute approximate surface area is 123 Å². The number of nitrogens with zero attached hydrogens (tertiary/aromatic N) is 1. The van der Waals surface area contributed by atoms with Gasteiger partial charge in [-0.15, -0.1) is 0 Å². The first kappa shape index (κ1) is 16.6. The molecule has 0 unspecified atom stereocenters. The van der Waals surface area contributed by atoms with Gasteiger partial charge in [0.25, 0.3) is 0 Å². The lowest BCUT2D eigenvalue weighted by molar-refractivity contribution is -0.125. The Bertz CT molecular complexity index is 473. The van der Waals surface area contributed by atoms with E-state index in [0.29, 0.717) is 12.3 Å². The summed E-state index contributed by atoms with van der Waals surface area (Å²) in [6.45, 7) is 5.21. The fraction of sp³-hybridized carbons (Fsp3) is 0.615. The van der Waals surface area contributed by atoms with Gasteiger partial charge >= 0.3 is 0 Å². The minimum atomic E-state index is -0.561. The van der Waals surface area contributed by atoms with Crippen molar-refractivity contribution in [1.82, 2.24) is 10.5 Å². The predicted molar refractivity (Wildman–Crippen MR) is 79.9 cm³/mol. The standard InChI is InChI=1S/C13H21N3O3S/c1-5-10-8(2)13(19-16-10)15-12(18)11(6-7-20-4)14-9(3)17/h11H,5-7H2,1-4H3,(H,14,17)(H,15,18)/t11-/m0/s1. The Morgan fingerprint density at radius 3 is 2.65 bits per heavy atom. The molecule has 0 aliphatic heterocycles. The highest BCUT2D eigenvalue weighted by Crippen LogP contribution is 2.19. The third kappa shape index (κ3) is 4.56. The van der Waals surface area contributed by atoms with Crippen LogP contribution in [0.4, 0.5) is 5.88 Å². The molecular weight excluding hydrogens is 278 g/mol. The molecule has 0 aromatic carbocycles. The molecule has 0 aliphatic rings. The number of aromatic nitrogens is 1. The van der Waals surface area contributed by atoms with Gasteiger partial charge in [-0.3, -0.25) is 14.9 Å². The van der Waals surface area contributed by atoms with Gasteiger partial charge in [0.1, 0.15) is 6.04 Å². The molecule has 1 rings (SSSR count). The minimum absolute atomic E-state index is 0.227. The summed E-state index contributed by atoms with van der Waals surface area (Å²) in [4.78, 5) is 23.3. The van der Waals surface area contributed by atoms with E-state index in [4.69, 9.17) is 4.52 Å². The number of carbonyl (C=O) groups is 2. The number of hydrogen-bond donors (Lipinski definition) is 2. The zero-order chi connectivity index (χ0) is 15.1. The topological polar surface area (TPSA) is 84.2 Å². The number of thioether (sulfide) groups is 1. The molecule has 6 nitrogen and oxygen atoms in total. The molecule has 112 valence electrons. The van der Waals surface area contributed by atoms with Crippen molar-refractivity contribution in [3.8, 4) is 0 Å². The van der Waals surface area contributed by atoms with E-state index >= 15 is 0 Å². The van der Waals surface area contributed by atoms with Crippen LogP contribution < -0.4 is 10.6 Å². The van der Waals surface area contributed by atoms with Crippen LogP contribution in [-0.2, 0) is 16.0 Å². The van der Waals surface area contributed by atoms with E-state index in [1.165, 1.54) is 6.92 Å². The predicted octanol–water partition coefficient (Wildman–Crippen LogP) is 1.74. The van der Waals surface area contributed by atoms with Crippen molar-refractivity contribution >= 4 is 29.5 Å².